The molecule has 18 heavy (non-hydrogen) atoms. The quantitative estimate of drug-likeness (QED) is 0.870. The van der Waals surface area contributed by atoms with Gasteiger partial charge in [-0.05, 0) is 30.7 Å². The highest BCUT2D eigenvalue weighted by Gasteiger charge is 2.15. The molecular formula is C13H11NO4. The Balaban J connectivity index is 2.17. The minimum Gasteiger partial charge on any atom is -0.475 e. The molecular weight excluding hydrogens is 234 g/mol. The molecule has 1 amide bonds. The van der Waals surface area contributed by atoms with Gasteiger partial charge in [0.2, 0.25) is 5.76 Å². The van der Waals surface area contributed by atoms with Crippen LogP contribution in [0.1, 0.15) is 26.7 Å². The molecule has 0 fully saturated rings. The molecule has 0 spiro atoms. The standard InChI is InChI=1S/C13H11NO4/c1-8-4-2-3-5-9(8)14-12(15)10-6-7-11(18-10)13(16)17/h2-7H,1H3,(H,14,15)(H,16,17). The van der Waals surface area contributed by atoms with E-state index in [1.807, 2.05) is 19.1 Å². The lowest BCUT2D eigenvalue weighted by Gasteiger charge is -2.05. The van der Waals surface area contributed by atoms with Crippen LogP contribution in [0.2, 0.25) is 0 Å². The second-order valence-electron chi connectivity index (χ2n) is 3.74. The Kier molecular flexibility index (Phi) is 3.14. The third kappa shape index (κ3) is 2.40. The van der Waals surface area contributed by atoms with Gasteiger partial charge in [-0.15, -0.1) is 0 Å². The van der Waals surface area contributed by atoms with Crippen LogP contribution in [-0.4, -0.2) is 17.0 Å². The summed E-state index contributed by atoms with van der Waals surface area (Å²) in [6, 6.07) is 9.86. The number of aryl methyl sites for hydroxylation is 1. The topological polar surface area (TPSA) is 79.5 Å². The fourth-order valence-corrected chi connectivity index (χ4v) is 1.47. The fourth-order valence-electron chi connectivity index (χ4n) is 1.47. The maximum Gasteiger partial charge on any atom is 0.371 e. The van der Waals surface area contributed by atoms with E-state index in [1.54, 1.807) is 12.1 Å². The first kappa shape index (κ1) is 11.9. The number of para-hydroxylation sites is 1. The number of aromatic carboxylic acids is 1. The van der Waals surface area contributed by atoms with Gasteiger partial charge in [-0.1, -0.05) is 18.2 Å². The van der Waals surface area contributed by atoms with Gasteiger partial charge in [0.1, 0.15) is 0 Å². The minimum atomic E-state index is -1.20. The summed E-state index contributed by atoms with van der Waals surface area (Å²) in [7, 11) is 0. The van der Waals surface area contributed by atoms with Crippen LogP contribution < -0.4 is 5.32 Å². The van der Waals surface area contributed by atoms with E-state index in [0.717, 1.165) is 5.56 Å². The molecule has 0 atom stereocenters. The number of carbonyl (C=O) groups excluding carboxylic acids is 1. The maximum absolute atomic E-state index is 11.8. The van der Waals surface area contributed by atoms with Crippen LogP contribution in [0.25, 0.3) is 0 Å². The zero-order valence-corrected chi connectivity index (χ0v) is 9.64. The number of benzene rings is 1. The van der Waals surface area contributed by atoms with Crippen molar-refractivity contribution in [1.82, 2.24) is 0 Å². The molecule has 0 radical (unpaired) electrons. The summed E-state index contributed by atoms with van der Waals surface area (Å²) in [5, 5.41) is 11.3. The number of rotatable bonds is 3. The predicted octanol–water partition coefficient (Wildman–Crippen LogP) is 2.54. The zero-order chi connectivity index (χ0) is 13.1. The highest BCUT2D eigenvalue weighted by Crippen LogP contribution is 2.15. The normalized spacial score (nSPS) is 10.1. The van der Waals surface area contributed by atoms with Crippen molar-refractivity contribution in [2.24, 2.45) is 0 Å². The van der Waals surface area contributed by atoms with Crippen LogP contribution in [0, 0.1) is 6.92 Å². The van der Waals surface area contributed by atoms with Crippen molar-refractivity contribution in [1.29, 1.82) is 0 Å². The van der Waals surface area contributed by atoms with E-state index in [2.05, 4.69) is 5.32 Å². The third-order valence-corrected chi connectivity index (χ3v) is 2.43. The number of carbonyl (C=O) groups is 2. The van der Waals surface area contributed by atoms with Crippen LogP contribution in [-0.2, 0) is 0 Å². The number of nitrogens with one attached hydrogen (secondary N) is 1. The lowest BCUT2D eigenvalue weighted by atomic mass is 10.2. The Morgan fingerprint density at radius 3 is 2.39 bits per heavy atom. The largest absolute Gasteiger partial charge is 0.475 e. The number of carboxylic acid groups (broad SMARTS) is 1. The van der Waals surface area contributed by atoms with Crippen LogP contribution in [0.3, 0.4) is 0 Å². The number of furan rings is 1. The molecule has 2 aromatic rings. The van der Waals surface area contributed by atoms with Gasteiger partial charge in [-0.3, -0.25) is 4.79 Å². The third-order valence-electron chi connectivity index (χ3n) is 2.43. The molecule has 1 aromatic carbocycles. The summed E-state index contributed by atoms with van der Waals surface area (Å²) in [4.78, 5) is 22.4. The number of amides is 1. The van der Waals surface area contributed by atoms with Gasteiger partial charge in [-0.2, -0.15) is 0 Å². The van der Waals surface area contributed by atoms with Crippen LogP contribution >= 0.6 is 0 Å². The van der Waals surface area contributed by atoms with Crippen molar-refractivity contribution in [3.05, 3.63) is 53.5 Å². The van der Waals surface area contributed by atoms with Gasteiger partial charge in [-0.25, -0.2) is 4.79 Å². The summed E-state index contributed by atoms with van der Waals surface area (Å²) in [6.07, 6.45) is 0. The number of carboxylic acids is 1. The molecule has 2 N–H and O–H groups in total. The van der Waals surface area contributed by atoms with Crippen molar-refractivity contribution < 1.29 is 19.1 Å². The molecule has 5 nitrogen and oxygen atoms in total. The molecule has 0 aliphatic heterocycles. The van der Waals surface area contributed by atoms with E-state index >= 15 is 0 Å². The second kappa shape index (κ2) is 4.75. The number of anilines is 1. The van der Waals surface area contributed by atoms with Gasteiger partial charge >= 0.3 is 5.97 Å². The average Bonchev–Trinajstić information content (AvgIpc) is 2.81. The second-order valence-corrected chi connectivity index (χ2v) is 3.74. The van der Waals surface area contributed by atoms with Gasteiger partial charge in [0, 0.05) is 5.69 Å². The van der Waals surface area contributed by atoms with Gasteiger partial charge in [0.05, 0.1) is 0 Å². The Bertz CT molecular complexity index is 601. The van der Waals surface area contributed by atoms with Crippen molar-refractivity contribution in [3.8, 4) is 0 Å². The first-order valence-corrected chi connectivity index (χ1v) is 5.28. The Morgan fingerprint density at radius 1 is 1.11 bits per heavy atom. The van der Waals surface area contributed by atoms with Crippen LogP contribution in [0.4, 0.5) is 5.69 Å². The summed E-state index contributed by atoms with van der Waals surface area (Å²) in [5.41, 5.74) is 1.58. The molecule has 0 saturated heterocycles. The summed E-state index contributed by atoms with van der Waals surface area (Å²) in [5.74, 6) is -1.97. The molecule has 0 unspecified atom stereocenters. The molecule has 1 aromatic heterocycles. The molecule has 0 aliphatic carbocycles. The molecule has 2 rings (SSSR count). The lowest BCUT2D eigenvalue weighted by Crippen LogP contribution is -2.11. The van der Waals surface area contributed by atoms with Crippen molar-refractivity contribution in [3.63, 3.8) is 0 Å². The molecule has 5 heteroatoms. The zero-order valence-electron chi connectivity index (χ0n) is 9.64. The highest BCUT2D eigenvalue weighted by molar-refractivity contribution is 6.03. The summed E-state index contributed by atoms with van der Waals surface area (Å²) in [6.45, 7) is 1.86. The van der Waals surface area contributed by atoms with Crippen molar-refractivity contribution in [2.45, 2.75) is 6.92 Å². The van der Waals surface area contributed by atoms with E-state index in [4.69, 9.17) is 9.52 Å². The van der Waals surface area contributed by atoms with Gasteiger partial charge < -0.3 is 14.8 Å². The van der Waals surface area contributed by atoms with E-state index in [0.29, 0.717) is 5.69 Å². The number of hydrogen-bond donors (Lipinski definition) is 2. The summed E-state index contributed by atoms with van der Waals surface area (Å²) < 4.78 is 4.91. The predicted molar refractivity (Wildman–Crippen MR) is 64.8 cm³/mol. The Hall–Kier alpha value is -2.56. The molecule has 92 valence electrons. The van der Waals surface area contributed by atoms with E-state index in [9.17, 15) is 9.59 Å². The smallest absolute Gasteiger partial charge is 0.371 e. The molecule has 1 heterocycles. The summed E-state index contributed by atoms with van der Waals surface area (Å²) >= 11 is 0. The maximum atomic E-state index is 11.8. The Labute approximate surface area is 103 Å². The van der Waals surface area contributed by atoms with Gasteiger partial charge in [0.25, 0.3) is 5.91 Å². The first-order valence-electron chi connectivity index (χ1n) is 5.28. The van der Waals surface area contributed by atoms with Crippen LogP contribution in [0.15, 0.2) is 40.8 Å². The number of hydrogen-bond acceptors (Lipinski definition) is 3. The molecule has 0 saturated carbocycles. The monoisotopic (exact) mass is 245 g/mol. The fraction of sp³-hybridized carbons (Fsp3) is 0.0769. The van der Waals surface area contributed by atoms with E-state index < -0.39 is 11.9 Å². The molecule has 0 aliphatic rings. The van der Waals surface area contributed by atoms with Crippen LogP contribution in [0.5, 0.6) is 0 Å². The van der Waals surface area contributed by atoms with Gasteiger partial charge in [0.15, 0.2) is 5.76 Å². The first-order chi connectivity index (χ1) is 8.58. The van der Waals surface area contributed by atoms with Crippen molar-refractivity contribution in [2.75, 3.05) is 5.32 Å². The Morgan fingerprint density at radius 2 is 1.78 bits per heavy atom. The van der Waals surface area contributed by atoms with Crippen molar-refractivity contribution >= 4 is 17.6 Å². The SMILES string of the molecule is Cc1ccccc1NC(=O)c1ccc(C(=O)O)o1. The van der Waals surface area contributed by atoms with E-state index in [1.165, 1.54) is 12.1 Å². The van der Waals surface area contributed by atoms with E-state index in [-0.39, 0.29) is 11.5 Å². The average molecular weight is 245 g/mol. The highest BCUT2D eigenvalue weighted by atomic mass is 16.4. The lowest BCUT2D eigenvalue weighted by molar-refractivity contribution is 0.0660. The molecule has 0 bridgehead atoms. The minimum absolute atomic E-state index is 0.0318.